The summed E-state index contributed by atoms with van der Waals surface area (Å²) in [6.45, 7) is 1.16. The summed E-state index contributed by atoms with van der Waals surface area (Å²) in [4.78, 5) is 5.47. The van der Waals surface area contributed by atoms with E-state index in [-0.39, 0.29) is 0 Å². The summed E-state index contributed by atoms with van der Waals surface area (Å²) in [5.41, 5.74) is 0.974. The van der Waals surface area contributed by atoms with Crippen LogP contribution in [0.1, 0.15) is 0 Å². The molecule has 15 heavy (non-hydrogen) atoms. The molecule has 0 radical (unpaired) electrons. The van der Waals surface area contributed by atoms with E-state index >= 15 is 0 Å². The molecular formula is C11H12ClNO2. The van der Waals surface area contributed by atoms with Gasteiger partial charge in [-0.2, -0.15) is 0 Å². The van der Waals surface area contributed by atoms with Crippen LogP contribution in [-0.2, 0) is 9.57 Å². The Kier molecular flexibility index (Phi) is 3.14. The standard InChI is InChI=1S/C11H12ClNO2/c1-14-11-6-7-15-13(8-11)10-4-2-9(12)3-5-10/h2-6H,7-8H2,1H3. The second-order valence-electron chi connectivity index (χ2n) is 3.18. The van der Waals surface area contributed by atoms with E-state index in [9.17, 15) is 0 Å². The molecule has 1 aromatic rings. The lowest BCUT2D eigenvalue weighted by Gasteiger charge is -2.27. The molecule has 0 aliphatic carbocycles. The van der Waals surface area contributed by atoms with Gasteiger partial charge in [0.05, 0.1) is 19.4 Å². The van der Waals surface area contributed by atoms with E-state index in [1.807, 2.05) is 30.3 Å². The number of benzene rings is 1. The number of hydroxylamine groups is 1. The van der Waals surface area contributed by atoms with Crippen molar-refractivity contribution in [1.82, 2.24) is 0 Å². The molecule has 0 bridgehead atoms. The molecule has 1 aliphatic heterocycles. The molecule has 1 aliphatic rings. The minimum Gasteiger partial charge on any atom is -0.499 e. The van der Waals surface area contributed by atoms with E-state index < -0.39 is 0 Å². The highest BCUT2D eigenvalue weighted by atomic mass is 35.5. The van der Waals surface area contributed by atoms with Crippen molar-refractivity contribution in [3.63, 3.8) is 0 Å². The minimum absolute atomic E-state index is 0.534. The van der Waals surface area contributed by atoms with E-state index in [0.717, 1.165) is 16.5 Å². The molecule has 0 saturated heterocycles. The lowest BCUT2D eigenvalue weighted by Crippen LogP contribution is -2.30. The first kappa shape index (κ1) is 10.3. The first-order valence-corrected chi connectivity index (χ1v) is 5.06. The van der Waals surface area contributed by atoms with Gasteiger partial charge in [0, 0.05) is 5.02 Å². The summed E-state index contributed by atoms with van der Waals surface area (Å²) >= 11 is 5.81. The number of nitrogens with zero attached hydrogens (tertiary/aromatic N) is 1. The van der Waals surface area contributed by atoms with Gasteiger partial charge in [0.1, 0.15) is 12.3 Å². The molecule has 0 spiro atoms. The van der Waals surface area contributed by atoms with Gasteiger partial charge in [-0.25, -0.2) is 5.06 Å². The average molecular weight is 226 g/mol. The summed E-state index contributed by atoms with van der Waals surface area (Å²) < 4.78 is 5.18. The van der Waals surface area contributed by atoms with Gasteiger partial charge >= 0.3 is 0 Å². The maximum Gasteiger partial charge on any atom is 0.116 e. The van der Waals surface area contributed by atoms with Gasteiger partial charge in [0.15, 0.2) is 0 Å². The molecule has 80 valence electrons. The summed E-state index contributed by atoms with van der Waals surface area (Å²) in [6.07, 6.45) is 1.92. The fourth-order valence-corrected chi connectivity index (χ4v) is 1.52. The van der Waals surface area contributed by atoms with E-state index in [0.29, 0.717) is 13.2 Å². The number of hydrogen-bond acceptors (Lipinski definition) is 3. The van der Waals surface area contributed by atoms with E-state index in [1.165, 1.54) is 0 Å². The number of hydrogen-bond donors (Lipinski definition) is 0. The normalized spacial score (nSPS) is 16.1. The molecule has 1 heterocycles. The van der Waals surface area contributed by atoms with Crippen LogP contribution >= 0.6 is 11.6 Å². The molecule has 0 saturated carbocycles. The molecule has 0 unspecified atom stereocenters. The van der Waals surface area contributed by atoms with Crippen molar-refractivity contribution in [1.29, 1.82) is 0 Å². The van der Waals surface area contributed by atoms with Gasteiger partial charge < -0.3 is 4.74 Å². The molecule has 2 rings (SSSR count). The summed E-state index contributed by atoms with van der Waals surface area (Å²) in [5, 5.41) is 2.51. The van der Waals surface area contributed by atoms with Crippen LogP contribution in [0.2, 0.25) is 5.02 Å². The van der Waals surface area contributed by atoms with Crippen LogP contribution in [0.25, 0.3) is 0 Å². The van der Waals surface area contributed by atoms with Gasteiger partial charge in [0.2, 0.25) is 0 Å². The summed E-state index contributed by atoms with van der Waals surface area (Å²) in [5.74, 6) is 0.913. The van der Waals surface area contributed by atoms with Crippen LogP contribution in [0, 0.1) is 0 Å². The van der Waals surface area contributed by atoms with Crippen LogP contribution in [0.5, 0.6) is 0 Å². The van der Waals surface area contributed by atoms with Gasteiger partial charge in [-0.1, -0.05) is 11.6 Å². The molecule has 0 aromatic heterocycles. The fraction of sp³-hybridized carbons (Fsp3) is 0.273. The van der Waals surface area contributed by atoms with Crippen molar-refractivity contribution in [3.05, 3.63) is 41.1 Å². The Morgan fingerprint density at radius 1 is 1.33 bits per heavy atom. The third-order valence-corrected chi connectivity index (χ3v) is 2.47. The van der Waals surface area contributed by atoms with Crippen LogP contribution in [0.4, 0.5) is 5.69 Å². The predicted octanol–water partition coefficient (Wildman–Crippen LogP) is 2.62. The fourth-order valence-electron chi connectivity index (χ4n) is 1.39. The maximum absolute atomic E-state index is 5.81. The highest BCUT2D eigenvalue weighted by molar-refractivity contribution is 6.30. The summed E-state index contributed by atoms with van der Waals surface area (Å²) in [6, 6.07) is 7.51. The lowest BCUT2D eigenvalue weighted by atomic mass is 10.3. The van der Waals surface area contributed by atoms with E-state index in [1.54, 1.807) is 12.2 Å². The van der Waals surface area contributed by atoms with Crippen LogP contribution in [-0.4, -0.2) is 20.3 Å². The number of anilines is 1. The van der Waals surface area contributed by atoms with Crippen molar-refractivity contribution in [2.75, 3.05) is 25.3 Å². The molecule has 0 N–H and O–H groups in total. The van der Waals surface area contributed by atoms with Crippen LogP contribution in [0.3, 0.4) is 0 Å². The Bertz CT molecular complexity index is 361. The molecule has 0 atom stereocenters. The Hall–Kier alpha value is -1.19. The Morgan fingerprint density at radius 2 is 2.07 bits per heavy atom. The number of halogens is 1. The van der Waals surface area contributed by atoms with E-state index in [4.69, 9.17) is 21.2 Å². The lowest BCUT2D eigenvalue weighted by molar-refractivity contribution is 0.107. The number of ether oxygens (including phenoxy) is 1. The summed E-state index contributed by atoms with van der Waals surface area (Å²) in [7, 11) is 1.66. The van der Waals surface area contributed by atoms with Crippen molar-refractivity contribution in [2.24, 2.45) is 0 Å². The van der Waals surface area contributed by atoms with Gasteiger partial charge in [0.25, 0.3) is 0 Å². The van der Waals surface area contributed by atoms with Gasteiger partial charge in [-0.15, -0.1) is 0 Å². The number of methoxy groups -OCH3 is 1. The Balaban J connectivity index is 2.12. The quantitative estimate of drug-likeness (QED) is 0.773. The molecule has 3 nitrogen and oxygen atoms in total. The topological polar surface area (TPSA) is 21.7 Å². The van der Waals surface area contributed by atoms with Crippen molar-refractivity contribution >= 4 is 17.3 Å². The van der Waals surface area contributed by atoms with Gasteiger partial charge in [-0.05, 0) is 30.3 Å². The number of rotatable bonds is 2. The third-order valence-electron chi connectivity index (χ3n) is 2.22. The molecular weight excluding hydrogens is 214 g/mol. The zero-order valence-electron chi connectivity index (χ0n) is 8.44. The molecule has 0 fully saturated rings. The average Bonchev–Trinajstić information content (AvgIpc) is 2.30. The Morgan fingerprint density at radius 3 is 2.73 bits per heavy atom. The second-order valence-corrected chi connectivity index (χ2v) is 3.62. The predicted molar refractivity (Wildman–Crippen MR) is 59.8 cm³/mol. The molecule has 0 amide bonds. The van der Waals surface area contributed by atoms with Crippen molar-refractivity contribution < 1.29 is 9.57 Å². The smallest absolute Gasteiger partial charge is 0.116 e. The zero-order chi connectivity index (χ0) is 10.7. The molecule has 4 heteroatoms. The highest BCUT2D eigenvalue weighted by Crippen LogP contribution is 2.21. The van der Waals surface area contributed by atoms with Crippen LogP contribution in [0.15, 0.2) is 36.1 Å². The van der Waals surface area contributed by atoms with Crippen LogP contribution < -0.4 is 5.06 Å². The third kappa shape index (κ3) is 2.43. The highest BCUT2D eigenvalue weighted by Gasteiger charge is 2.14. The molecule has 1 aromatic carbocycles. The SMILES string of the molecule is COC1=CCON(c2ccc(Cl)cc2)C1. The largest absolute Gasteiger partial charge is 0.499 e. The maximum atomic E-state index is 5.81. The zero-order valence-corrected chi connectivity index (χ0v) is 9.20. The monoisotopic (exact) mass is 225 g/mol. The Labute approximate surface area is 93.8 Å². The van der Waals surface area contributed by atoms with Crippen molar-refractivity contribution in [3.8, 4) is 0 Å². The minimum atomic E-state index is 0.534. The second kappa shape index (κ2) is 4.55. The van der Waals surface area contributed by atoms with Crippen molar-refractivity contribution in [2.45, 2.75) is 0 Å². The first-order chi connectivity index (χ1) is 7.29. The first-order valence-electron chi connectivity index (χ1n) is 4.68. The van der Waals surface area contributed by atoms with E-state index in [2.05, 4.69) is 0 Å². The van der Waals surface area contributed by atoms with Gasteiger partial charge in [-0.3, -0.25) is 4.84 Å².